The van der Waals surface area contributed by atoms with Crippen LogP contribution < -0.4 is 0 Å². The van der Waals surface area contributed by atoms with Crippen molar-refractivity contribution in [2.75, 3.05) is 6.54 Å². The number of hydrogen-bond acceptors (Lipinski definition) is 1. The van der Waals surface area contributed by atoms with Gasteiger partial charge in [-0.2, -0.15) is 0 Å². The first-order chi connectivity index (χ1) is 5.92. The third kappa shape index (κ3) is 1.06. The first-order valence-electron chi connectivity index (χ1n) is 4.19. The molecule has 1 aromatic carbocycles. The second-order valence-electron chi connectivity index (χ2n) is 3.04. The zero-order chi connectivity index (χ0) is 8.39. The highest BCUT2D eigenvalue weighted by Gasteiger charge is 2.26. The van der Waals surface area contributed by atoms with Crippen LogP contribution in [-0.4, -0.2) is 11.4 Å². The summed E-state index contributed by atoms with van der Waals surface area (Å²) in [7, 11) is 0. The van der Waals surface area contributed by atoms with E-state index in [1.807, 2.05) is 11.0 Å². The van der Waals surface area contributed by atoms with Gasteiger partial charge in [0, 0.05) is 12.6 Å². The summed E-state index contributed by atoms with van der Waals surface area (Å²) in [4.78, 5) is 2.04. The quantitative estimate of drug-likeness (QED) is 0.564. The van der Waals surface area contributed by atoms with Gasteiger partial charge in [-0.15, -0.1) is 0 Å². The van der Waals surface area contributed by atoms with Crippen molar-refractivity contribution in [3.8, 4) is 12.5 Å². The standard InChI is InChI=1S/C11H11N/c1-2-12-9-8-11(12)10-6-4-3-5-7-10/h1,3-7,11H,8-9H2. The molecule has 1 aromatic rings. The number of nitrogens with zero attached hydrogens (tertiary/aromatic N) is 1. The van der Waals surface area contributed by atoms with Crippen molar-refractivity contribution in [1.29, 1.82) is 0 Å². The van der Waals surface area contributed by atoms with Crippen LogP contribution >= 0.6 is 0 Å². The van der Waals surface area contributed by atoms with E-state index in [-0.39, 0.29) is 0 Å². The van der Waals surface area contributed by atoms with E-state index in [1.165, 1.54) is 12.0 Å². The van der Waals surface area contributed by atoms with E-state index in [0.29, 0.717) is 6.04 Å². The van der Waals surface area contributed by atoms with Gasteiger partial charge in [0.1, 0.15) is 0 Å². The van der Waals surface area contributed by atoms with Gasteiger partial charge >= 0.3 is 0 Å². The van der Waals surface area contributed by atoms with Gasteiger partial charge in [0.15, 0.2) is 0 Å². The summed E-state index contributed by atoms with van der Waals surface area (Å²) in [6.45, 7) is 1.04. The molecule has 60 valence electrons. The average Bonchev–Trinajstić information content (AvgIpc) is 2.05. The molecule has 0 amide bonds. The smallest absolute Gasteiger partial charge is 0.0637 e. The lowest BCUT2D eigenvalue weighted by Crippen LogP contribution is -2.36. The maximum atomic E-state index is 5.34. The predicted molar refractivity (Wildman–Crippen MR) is 49.3 cm³/mol. The highest BCUT2D eigenvalue weighted by Crippen LogP contribution is 2.31. The van der Waals surface area contributed by atoms with Gasteiger partial charge < -0.3 is 4.90 Å². The molecule has 1 fully saturated rings. The van der Waals surface area contributed by atoms with E-state index in [4.69, 9.17) is 6.42 Å². The second-order valence-corrected chi connectivity index (χ2v) is 3.04. The van der Waals surface area contributed by atoms with Gasteiger partial charge in [-0.25, -0.2) is 0 Å². The topological polar surface area (TPSA) is 3.24 Å². The van der Waals surface area contributed by atoms with Crippen LogP contribution in [0.3, 0.4) is 0 Å². The maximum Gasteiger partial charge on any atom is 0.0637 e. The molecule has 1 atom stereocenters. The third-order valence-corrected chi connectivity index (χ3v) is 2.37. The molecule has 1 aliphatic rings. The molecule has 1 saturated heterocycles. The van der Waals surface area contributed by atoms with Crippen molar-refractivity contribution in [3.05, 3.63) is 35.9 Å². The van der Waals surface area contributed by atoms with Crippen LogP contribution in [0.25, 0.3) is 0 Å². The number of hydrogen-bond donors (Lipinski definition) is 0. The molecule has 1 heterocycles. The zero-order valence-corrected chi connectivity index (χ0v) is 6.90. The number of rotatable bonds is 1. The van der Waals surface area contributed by atoms with E-state index >= 15 is 0 Å². The van der Waals surface area contributed by atoms with Gasteiger partial charge in [-0.1, -0.05) is 36.8 Å². The van der Waals surface area contributed by atoms with Crippen molar-refractivity contribution >= 4 is 0 Å². The molecule has 1 nitrogen and oxygen atoms in total. The summed E-state index contributed by atoms with van der Waals surface area (Å²) in [5.74, 6) is 0. The minimum Gasteiger partial charge on any atom is -0.325 e. The fraction of sp³-hybridized carbons (Fsp3) is 0.273. The Labute approximate surface area is 73.0 Å². The highest BCUT2D eigenvalue weighted by atomic mass is 15.2. The zero-order valence-electron chi connectivity index (χ0n) is 6.90. The molecule has 1 heteroatoms. The molecule has 0 spiro atoms. The monoisotopic (exact) mass is 157 g/mol. The molecule has 12 heavy (non-hydrogen) atoms. The van der Waals surface area contributed by atoms with E-state index in [1.54, 1.807) is 0 Å². The molecule has 1 unspecified atom stereocenters. The molecular weight excluding hydrogens is 146 g/mol. The SMILES string of the molecule is C#CN1CCC1c1ccccc1. The van der Waals surface area contributed by atoms with E-state index < -0.39 is 0 Å². The molecule has 2 rings (SSSR count). The van der Waals surface area contributed by atoms with E-state index in [9.17, 15) is 0 Å². The average molecular weight is 157 g/mol. The van der Waals surface area contributed by atoms with Crippen molar-refractivity contribution in [3.63, 3.8) is 0 Å². The fourth-order valence-electron chi connectivity index (χ4n) is 1.56. The van der Waals surface area contributed by atoms with Crippen molar-refractivity contribution in [2.45, 2.75) is 12.5 Å². The molecular formula is C11H11N. The lowest BCUT2D eigenvalue weighted by molar-refractivity contribution is 0.172. The minimum absolute atomic E-state index is 0.469. The van der Waals surface area contributed by atoms with Gasteiger partial charge in [0.2, 0.25) is 0 Å². The van der Waals surface area contributed by atoms with Crippen molar-refractivity contribution < 1.29 is 0 Å². The van der Waals surface area contributed by atoms with Crippen LogP contribution in [0, 0.1) is 12.5 Å². The van der Waals surface area contributed by atoms with Crippen molar-refractivity contribution in [1.82, 2.24) is 4.90 Å². The molecule has 0 aromatic heterocycles. The van der Waals surface area contributed by atoms with Gasteiger partial charge in [-0.05, 0) is 12.0 Å². The molecule has 0 bridgehead atoms. The number of terminal acetylenes is 1. The largest absolute Gasteiger partial charge is 0.325 e. The summed E-state index contributed by atoms with van der Waals surface area (Å²) < 4.78 is 0. The van der Waals surface area contributed by atoms with Gasteiger partial charge in [0.05, 0.1) is 6.04 Å². The van der Waals surface area contributed by atoms with Crippen LogP contribution in [0.4, 0.5) is 0 Å². The Bertz CT molecular complexity index is 297. The van der Waals surface area contributed by atoms with E-state index in [0.717, 1.165) is 6.54 Å². The Morgan fingerprint density at radius 1 is 1.33 bits per heavy atom. The summed E-state index contributed by atoms with van der Waals surface area (Å²) in [6.07, 6.45) is 6.53. The molecule has 1 aliphatic heterocycles. The second kappa shape index (κ2) is 2.91. The van der Waals surface area contributed by atoms with Crippen LogP contribution in [0.5, 0.6) is 0 Å². The normalized spacial score (nSPS) is 21.2. The predicted octanol–water partition coefficient (Wildman–Crippen LogP) is 2.02. The Hall–Kier alpha value is -1.42. The Morgan fingerprint density at radius 2 is 2.08 bits per heavy atom. The fourth-order valence-corrected chi connectivity index (χ4v) is 1.56. The summed E-state index contributed by atoms with van der Waals surface area (Å²) in [5, 5.41) is 0. The Kier molecular flexibility index (Phi) is 1.75. The maximum absolute atomic E-state index is 5.34. The first kappa shape index (κ1) is 7.24. The Morgan fingerprint density at radius 3 is 2.58 bits per heavy atom. The molecule has 0 radical (unpaired) electrons. The lowest BCUT2D eigenvalue weighted by Gasteiger charge is -2.38. The molecule has 0 aliphatic carbocycles. The summed E-state index contributed by atoms with van der Waals surface area (Å²) >= 11 is 0. The Balaban J connectivity index is 2.17. The number of likely N-dealkylation sites (tertiary alicyclic amines) is 1. The third-order valence-electron chi connectivity index (χ3n) is 2.37. The van der Waals surface area contributed by atoms with Crippen LogP contribution in [0.15, 0.2) is 30.3 Å². The van der Waals surface area contributed by atoms with Crippen molar-refractivity contribution in [2.24, 2.45) is 0 Å². The van der Waals surface area contributed by atoms with E-state index in [2.05, 4.69) is 30.3 Å². The molecule has 0 N–H and O–H groups in total. The molecule has 0 saturated carbocycles. The minimum atomic E-state index is 0.469. The van der Waals surface area contributed by atoms with Gasteiger partial charge in [-0.3, -0.25) is 0 Å². The summed E-state index contributed by atoms with van der Waals surface area (Å²) in [5.41, 5.74) is 1.33. The van der Waals surface area contributed by atoms with Crippen LogP contribution in [0.1, 0.15) is 18.0 Å². The van der Waals surface area contributed by atoms with Gasteiger partial charge in [0.25, 0.3) is 0 Å². The van der Waals surface area contributed by atoms with Crippen LogP contribution in [0.2, 0.25) is 0 Å². The summed E-state index contributed by atoms with van der Waals surface area (Å²) in [6, 6.07) is 13.6. The highest BCUT2D eigenvalue weighted by molar-refractivity contribution is 5.22. The lowest BCUT2D eigenvalue weighted by atomic mass is 9.96. The van der Waals surface area contributed by atoms with Crippen LogP contribution in [-0.2, 0) is 0 Å². The first-order valence-corrected chi connectivity index (χ1v) is 4.19. The number of benzene rings is 1.